The number of esters is 1. The number of carboxylic acid groups (broad SMARTS) is 1. The molecule has 4 aliphatic heterocycles. The average molecular weight is 1420 g/mol. The molecular formula is C68H97LiN16O17. The summed E-state index contributed by atoms with van der Waals surface area (Å²) in [6.07, 6.45) is 30.3. The van der Waals surface area contributed by atoms with Gasteiger partial charge in [-0.25, -0.2) is 43.5 Å². The van der Waals surface area contributed by atoms with Gasteiger partial charge in [-0.15, -0.1) is 0 Å². The van der Waals surface area contributed by atoms with Gasteiger partial charge in [0, 0.05) is 74.9 Å². The molecule has 8 N–H and O–H groups in total. The fourth-order valence-electron chi connectivity index (χ4n) is 13.1. The molecule has 2 saturated carbocycles. The number of imidazole rings is 3. The summed E-state index contributed by atoms with van der Waals surface area (Å²) in [5.41, 5.74) is -4.50. The van der Waals surface area contributed by atoms with Crippen molar-refractivity contribution in [1.29, 1.82) is 0 Å². The van der Waals surface area contributed by atoms with Crippen molar-refractivity contribution in [3.05, 3.63) is 114 Å². The van der Waals surface area contributed by atoms with Gasteiger partial charge in [-0.1, -0.05) is 64.8 Å². The van der Waals surface area contributed by atoms with E-state index in [1.807, 2.05) is 24.3 Å². The molecule has 0 radical (unpaired) electrons. The molecule has 34 heteroatoms. The smallest absolute Gasteiger partial charge is 0.870 e. The second-order valence-corrected chi connectivity index (χ2v) is 27.2. The van der Waals surface area contributed by atoms with Crippen LogP contribution in [0.2, 0.25) is 0 Å². The van der Waals surface area contributed by atoms with Crippen LogP contribution in [0.15, 0.2) is 102 Å². The van der Waals surface area contributed by atoms with Crippen LogP contribution in [0, 0.1) is 11.8 Å². The molecule has 11 rings (SSSR count). The maximum atomic E-state index is 14.5. The van der Waals surface area contributed by atoms with Gasteiger partial charge in [0.15, 0.2) is 11.4 Å². The minimum Gasteiger partial charge on any atom is -0.870 e. The molecule has 0 aromatic carbocycles. The van der Waals surface area contributed by atoms with Crippen LogP contribution in [0.5, 0.6) is 5.75 Å². The Morgan fingerprint density at radius 3 is 1.50 bits per heavy atom. The molecule has 0 unspecified atom stereocenters. The van der Waals surface area contributed by atoms with Gasteiger partial charge >= 0.3 is 43.0 Å². The number of hydrogen-bond acceptors (Lipinski definition) is 20. The molecule has 4 fully saturated rings. The number of hydrogen-bond donors (Lipinski definition) is 5. The van der Waals surface area contributed by atoms with Crippen molar-refractivity contribution < 1.29 is 92.2 Å². The number of nitrogens with one attached hydrogen (secondary N) is 4. The maximum absolute atomic E-state index is 14.5. The Morgan fingerprint density at radius 2 is 1.06 bits per heavy atom. The van der Waals surface area contributed by atoms with Crippen molar-refractivity contribution >= 4 is 47.8 Å². The van der Waals surface area contributed by atoms with Crippen LogP contribution in [0.4, 0.5) is 9.59 Å². The Labute approximate surface area is 603 Å². The molecule has 2 saturated heterocycles. The van der Waals surface area contributed by atoms with Crippen LogP contribution in [0.1, 0.15) is 165 Å². The molecule has 0 bridgehead atoms. The van der Waals surface area contributed by atoms with Crippen LogP contribution in [0.3, 0.4) is 0 Å². The van der Waals surface area contributed by atoms with E-state index in [1.54, 1.807) is 94.9 Å². The number of aliphatic carboxylic acids is 1. The van der Waals surface area contributed by atoms with E-state index in [1.165, 1.54) is 62.1 Å². The van der Waals surface area contributed by atoms with Crippen LogP contribution in [-0.4, -0.2) is 195 Å². The van der Waals surface area contributed by atoms with Crippen molar-refractivity contribution in [1.82, 2.24) is 79.3 Å². The molecule has 102 heavy (non-hydrogen) atoms. The zero-order valence-corrected chi connectivity index (χ0v) is 57.8. The van der Waals surface area contributed by atoms with E-state index in [0.717, 1.165) is 38.5 Å². The summed E-state index contributed by atoms with van der Waals surface area (Å²) < 4.78 is 28.9. The summed E-state index contributed by atoms with van der Waals surface area (Å²) >= 11 is 0. The predicted molar refractivity (Wildman–Crippen MR) is 365 cm³/mol. The predicted octanol–water partition coefficient (Wildman–Crippen LogP) is 1.84. The third kappa shape index (κ3) is 18.8. The van der Waals surface area contributed by atoms with Gasteiger partial charge in [0.25, 0.3) is 11.1 Å². The number of amides is 6. The van der Waals surface area contributed by atoms with Crippen molar-refractivity contribution in [2.75, 3.05) is 26.8 Å². The zero-order chi connectivity index (χ0) is 69.6. The number of carboxylic acids is 1. The van der Waals surface area contributed by atoms with Crippen LogP contribution < -0.4 is 56.0 Å². The number of rotatable bonds is 11. The first-order valence-electron chi connectivity index (χ1n) is 33.0. The first-order chi connectivity index (χ1) is 46.3. The number of aromatic nitrogens is 10. The molecule has 9 heterocycles. The normalized spacial score (nSPS) is 25.6. The Balaban J connectivity index is 0.000000352. The van der Waals surface area contributed by atoms with Crippen LogP contribution in [-0.2, 0) is 43.0 Å². The summed E-state index contributed by atoms with van der Waals surface area (Å²) in [5.74, 6) is -4.37. The number of alkyl carbamates (subject to hydrolysis) is 2. The molecule has 5 aromatic rings. The summed E-state index contributed by atoms with van der Waals surface area (Å²) in [4.78, 5) is 151. The van der Waals surface area contributed by atoms with Gasteiger partial charge in [0.1, 0.15) is 52.1 Å². The fourth-order valence-corrected chi connectivity index (χ4v) is 13.1. The number of allylic oxidation sites excluding steroid dienone is 2. The van der Waals surface area contributed by atoms with E-state index in [2.05, 4.69) is 46.4 Å². The summed E-state index contributed by atoms with van der Waals surface area (Å²) in [7, 11) is 1.41. The molecule has 2 aliphatic carbocycles. The molecule has 552 valence electrons. The second kappa shape index (κ2) is 34.9. The largest absolute Gasteiger partial charge is 1.00 e. The maximum Gasteiger partial charge on any atom is 1.00 e. The van der Waals surface area contributed by atoms with E-state index in [4.69, 9.17) is 18.9 Å². The molecule has 5 aromatic heterocycles. The van der Waals surface area contributed by atoms with Crippen molar-refractivity contribution in [3.8, 4) is 22.8 Å². The van der Waals surface area contributed by atoms with Gasteiger partial charge in [0.2, 0.25) is 23.6 Å². The van der Waals surface area contributed by atoms with E-state index < -0.39 is 117 Å². The third-order valence-corrected chi connectivity index (χ3v) is 18.0. The molecule has 10 atom stereocenters. The molecule has 0 spiro atoms. The number of carbonyl (C=O) groups excluding carboxylic acids is 7. The molecule has 33 nitrogen and oxygen atoms in total. The standard InChI is InChI=1S/C35H45N9O7.C31H41N7O8.2CH4.Li.2H2O/c1-5-50-32(48)35-18-23(35)11-9-7-6-8-10-12-25(39-33(49)51-34(2,3)4)30(46)43-20-24(17-26(43)29(45)40-35)44-31(47)28(42-16-14-37-22-42)27(19-38-44)41-15-13-36-21-41;1-30(2,3)46-29(44)34-21-11-9-7-5-6-8-10-19-15-31(19,28(42)43)35-25(39)22-14-20(17-37(22)26(21)40)38-27(41)24(23(45-4)16-33-38)36-13-12-32-18-36;;;;;/h9,11,13-16,19,21-26H,5-8,10,12,17-18,20H2,1-4H3,(H,39,49)(H,40,45);8,10,12-13,16,18-22H,5-7,9,11,14-15,17H2,1-4H3,(H,34,44)(H,35,39)(H,42,43);2*1H4;;2*1H2/q;;;;+1;;/p-1/b11-9-;10-8-;;;;;/t23-,24-,25+,26+,35-;19-,20-,21+,22+,31-;;;;;/m11...../s1. The van der Waals surface area contributed by atoms with E-state index in [0.29, 0.717) is 37.8 Å². The summed E-state index contributed by atoms with van der Waals surface area (Å²) in [6.45, 7) is 12.0. The monoisotopic (exact) mass is 1420 g/mol. The van der Waals surface area contributed by atoms with Gasteiger partial charge in [0.05, 0.1) is 62.9 Å². The van der Waals surface area contributed by atoms with Crippen molar-refractivity contribution in [2.24, 2.45) is 11.8 Å². The van der Waals surface area contributed by atoms with E-state index in [-0.39, 0.29) is 113 Å². The Bertz CT molecular complexity index is 3900. The minimum atomic E-state index is -1.49. The zero-order valence-electron chi connectivity index (χ0n) is 57.8. The Kier molecular flexibility index (Phi) is 28.5. The van der Waals surface area contributed by atoms with Gasteiger partial charge < -0.3 is 70.6 Å². The number of ether oxygens (including phenoxy) is 4. The molecule has 6 aliphatic rings. The third-order valence-electron chi connectivity index (χ3n) is 18.0. The Hall–Kier alpha value is -9.45. The SMILES string of the molecule is C.C.CCOC(=O)[C@@]12C[C@H]1/C=C\CCCCC[C@H](NC(=O)OC(C)(C)C)C(=O)N1C[C@H](n3ncc(-n4ccnc4)c(-n4ccnc4)c3=O)C[C@H]1C(=O)N2.COc1cnn([C@@H]2C[C@H]3C(=O)N[C@]4(C(=O)O)C[C@H]4/C=C\CCCCC[C@H](NC(=O)OC(C)(C)C)C(=O)N3C2)c(=O)c1-n1ccnc1.O.[Li+].[OH-]. The van der Waals surface area contributed by atoms with Crippen LogP contribution in [0.25, 0.3) is 17.1 Å². The number of nitrogens with zero attached hydrogens (tertiary/aromatic N) is 12. The molecular weight excluding hydrogens is 1320 g/mol. The van der Waals surface area contributed by atoms with Crippen LogP contribution >= 0.6 is 0 Å². The van der Waals surface area contributed by atoms with Crippen molar-refractivity contribution in [3.63, 3.8) is 0 Å². The quantitative estimate of drug-likeness (QED) is 0.0545. The van der Waals surface area contributed by atoms with E-state index >= 15 is 0 Å². The van der Waals surface area contributed by atoms with Gasteiger partial charge in [-0.2, -0.15) is 10.2 Å². The fraction of sp³-hybridized carbons (Fsp3) is 0.574. The van der Waals surface area contributed by atoms with Gasteiger partial charge in [-0.3, -0.25) is 37.9 Å². The minimum absolute atomic E-state index is 0. The number of methoxy groups -OCH3 is 1. The second-order valence-electron chi connectivity index (χ2n) is 27.2. The Morgan fingerprint density at radius 1 is 0.627 bits per heavy atom. The summed E-state index contributed by atoms with van der Waals surface area (Å²) in [6, 6.07) is -5.74. The first-order valence-corrected chi connectivity index (χ1v) is 33.0. The number of carbonyl (C=O) groups is 8. The average Bonchev–Trinajstić information content (AvgIpc) is 1.60. The topological polar surface area (TPSA) is 433 Å². The summed E-state index contributed by atoms with van der Waals surface area (Å²) in [5, 5.41) is 30.0. The van der Waals surface area contributed by atoms with E-state index in [9.17, 15) is 53.1 Å². The number of fused-ring (bicyclic) bond motifs is 4. The van der Waals surface area contributed by atoms with Gasteiger partial charge in [-0.05, 0) is 99.8 Å². The van der Waals surface area contributed by atoms with Crippen molar-refractivity contribution in [2.45, 2.75) is 212 Å². The molecule has 6 amide bonds. The first kappa shape index (κ1) is 83.2.